The van der Waals surface area contributed by atoms with Gasteiger partial charge < -0.3 is 4.74 Å². The number of carbonyl (C=O) groups excluding carboxylic acids is 3. The number of aryl methyl sites for hydroxylation is 1. The molecule has 2 aromatic rings. The average Bonchev–Trinajstić information content (AvgIpc) is 2.84. The van der Waals surface area contributed by atoms with Crippen molar-refractivity contribution in [1.82, 2.24) is 14.0 Å². The number of piperidine rings is 1. The van der Waals surface area contributed by atoms with E-state index in [9.17, 15) is 19.2 Å². The summed E-state index contributed by atoms with van der Waals surface area (Å²) in [6.07, 6.45) is 0.743. The molecule has 3 rings (SSSR count). The van der Waals surface area contributed by atoms with Crippen LogP contribution in [0.3, 0.4) is 0 Å². The summed E-state index contributed by atoms with van der Waals surface area (Å²) >= 11 is 0. The number of likely N-dealkylation sites (tertiary alicyclic amines) is 1. The van der Waals surface area contributed by atoms with E-state index < -0.39 is 35.2 Å². The molecule has 0 spiro atoms. The van der Waals surface area contributed by atoms with Crippen molar-refractivity contribution in [2.24, 2.45) is 7.05 Å². The summed E-state index contributed by atoms with van der Waals surface area (Å²) in [5.41, 5.74) is 0.766. The average molecular weight is 385 g/mol. The molecule has 3 amide bonds. The first-order chi connectivity index (χ1) is 13.0. The predicted octanol–water partition coefficient (Wildman–Crippen LogP) is 2.61. The Morgan fingerprint density at radius 3 is 2.50 bits per heavy atom. The van der Waals surface area contributed by atoms with Crippen LogP contribution in [0, 0.1) is 0 Å². The standard InChI is InChI=1S/C20H23N3O5/c1-6-12-7-8-13-15(11-12)21(5)18(26)22(13)14-9-10-16(24)23(17(14)25)19(27)28-20(2,3)4/h6-8,11,14H,1,9-10H2,2-5H3. The number of hydrogen-bond donors (Lipinski definition) is 0. The van der Waals surface area contributed by atoms with Gasteiger partial charge in [-0.1, -0.05) is 18.7 Å². The van der Waals surface area contributed by atoms with Gasteiger partial charge in [0.25, 0.3) is 5.91 Å². The van der Waals surface area contributed by atoms with Crippen LogP contribution < -0.4 is 5.69 Å². The molecule has 2 heterocycles. The maximum absolute atomic E-state index is 13.0. The first kappa shape index (κ1) is 19.6. The number of carbonyl (C=O) groups is 3. The van der Waals surface area contributed by atoms with Gasteiger partial charge in [0, 0.05) is 13.5 Å². The molecule has 1 unspecified atom stereocenters. The molecule has 148 valence electrons. The molecule has 0 N–H and O–H groups in total. The predicted molar refractivity (Wildman–Crippen MR) is 104 cm³/mol. The molecule has 1 aromatic heterocycles. The van der Waals surface area contributed by atoms with Gasteiger partial charge in [0.05, 0.1) is 11.0 Å². The number of ether oxygens (including phenoxy) is 1. The minimum absolute atomic E-state index is 0.0385. The Hall–Kier alpha value is -3.16. The number of aromatic nitrogens is 2. The Kier molecular flexibility index (Phi) is 4.74. The monoisotopic (exact) mass is 385 g/mol. The first-order valence-corrected chi connectivity index (χ1v) is 8.98. The Labute approximate surface area is 162 Å². The van der Waals surface area contributed by atoms with Crippen LogP contribution in [0.5, 0.6) is 0 Å². The van der Waals surface area contributed by atoms with Crippen LogP contribution in [0.1, 0.15) is 45.2 Å². The Bertz CT molecular complexity index is 1050. The second-order valence-corrected chi connectivity index (χ2v) is 7.77. The van der Waals surface area contributed by atoms with Crippen LogP contribution in [-0.2, 0) is 21.4 Å². The van der Waals surface area contributed by atoms with Crippen LogP contribution in [-0.4, -0.2) is 37.5 Å². The summed E-state index contributed by atoms with van der Waals surface area (Å²) in [5.74, 6) is -1.38. The highest BCUT2D eigenvalue weighted by Gasteiger charge is 2.42. The number of hydrogen-bond acceptors (Lipinski definition) is 5. The van der Waals surface area contributed by atoms with E-state index in [4.69, 9.17) is 4.74 Å². The lowest BCUT2D eigenvalue weighted by molar-refractivity contribution is -0.149. The highest BCUT2D eigenvalue weighted by molar-refractivity contribution is 6.11. The van der Waals surface area contributed by atoms with Gasteiger partial charge in [-0.2, -0.15) is 4.90 Å². The maximum atomic E-state index is 13.0. The molecule has 1 saturated heterocycles. The van der Waals surface area contributed by atoms with Gasteiger partial charge in [0.2, 0.25) is 5.91 Å². The number of imidazole rings is 1. The number of rotatable bonds is 2. The third-order valence-corrected chi connectivity index (χ3v) is 4.62. The summed E-state index contributed by atoms with van der Waals surface area (Å²) in [6, 6.07) is 4.35. The van der Waals surface area contributed by atoms with Crippen LogP contribution in [0.4, 0.5) is 4.79 Å². The molecule has 8 nitrogen and oxygen atoms in total. The fourth-order valence-electron chi connectivity index (χ4n) is 3.31. The van der Waals surface area contributed by atoms with Gasteiger partial charge in [0.1, 0.15) is 11.6 Å². The van der Waals surface area contributed by atoms with Gasteiger partial charge in [-0.05, 0) is 44.9 Å². The smallest absolute Gasteiger partial charge is 0.424 e. The second-order valence-electron chi connectivity index (χ2n) is 7.77. The number of fused-ring (bicyclic) bond motifs is 1. The van der Waals surface area contributed by atoms with Crippen molar-refractivity contribution in [1.29, 1.82) is 0 Å². The van der Waals surface area contributed by atoms with E-state index in [1.54, 1.807) is 52.1 Å². The molecular weight excluding hydrogens is 362 g/mol. The zero-order valence-corrected chi connectivity index (χ0v) is 16.4. The Balaban J connectivity index is 2.07. The molecule has 0 aliphatic carbocycles. The van der Waals surface area contributed by atoms with E-state index in [-0.39, 0.29) is 12.8 Å². The van der Waals surface area contributed by atoms with Crippen LogP contribution in [0.25, 0.3) is 17.1 Å². The molecule has 1 fully saturated rings. The molecule has 0 radical (unpaired) electrons. The molecule has 1 aromatic carbocycles. The summed E-state index contributed by atoms with van der Waals surface area (Å²) < 4.78 is 7.97. The lowest BCUT2D eigenvalue weighted by Crippen LogP contribution is -2.51. The van der Waals surface area contributed by atoms with E-state index in [2.05, 4.69) is 6.58 Å². The van der Waals surface area contributed by atoms with E-state index >= 15 is 0 Å². The van der Waals surface area contributed by atoms with Gasteiger partial charge in [-0.15, -0.1) is 0 Å². The fourth-order valence-corrected chi connectivity index (χ4v) is 3.31. The van der Waals surface area contributed by atoms with E-state index in [0.717, 1.165) is 5.56 Å². The third kappa shape index (κ3) is 3.26. The third-order valence-electron chi connectivity index (χ3n) is 4.62. The topological polar surface area (TPSA) is 90.6 Å². The zero-order chi connectivity index (χ0) is 20.8. The maximum Gasteiger partial charge on any atom is 0.424 e. The molecule has 0 bridgehead atoms. The lowest BCUT2D eigenvalue weighted by atomic mass is 10.0. The van der Waals surface area contributed by atoms with Gasteiger partial charge in [-0.3, -0.25) is 18.7 Å². The first-order valence-electron chi connectivity index (χ1n) is 8.98. The molecule has 8 heteroatoms. The minimum Gasteiger partial charge on any atom is -0.443 e. The summed E-state index contributed by atoms with van der Waals surface area (Å²) in [6.45, 7) is 8.66. The number of nitrogens with zero attached hydrogens (tertiary/aromatic N) is 3. The summed E-state index contributed by atoms with van der Waals surface area (Å²) in [4.78, 5) is 51.0. The molecule has 28 heavy (non-hydrogen) atoms. The Morgan fingerprint density at radius 1 is 1.21 bits per heavy atom. The minimum atomic E-state index is -1.02. The SMILES string of the molecule is C=Cc1ccc2c(c1)n(C)c(=O)n2C1CCC(=O)N(C(=O)OC(C)(C)C)C1=O. The lowest BCUT2D eigenvalue weighted by Gasteiger charge is -2.31. The van der Waals surface area contributed by atoms with Crippen molar-refractivity contribution in [3.63, 3.8) is 0 Å². The number of amides is 3. The summed E-state index contributed by atoms with van der Waals surface area (Å²) in [5, 5.41) is 0. The summed E-state index contributed by atoms with van der Waals surface area (Å²) in [7, 11) is 1.61. The molecule has 1 aliphatic rings. The Morgan fingerprint density at radius 2 is 1.89 bits per heavy atom. The highest BCUT2D eigenvalue weighted by atomic mass is 16.6. The normalized spacial score (nSPS) is 17.9. The van der Waals surface area contributed by atoms with Crippen LogP contribution in [0.15, 0.2) is 29.6 Å². The number of benzene rings is 1. The molecule has 1 atom stereocenters. The molecular formula is C20H23N3O5. The van der Waals surface area contributed by atoms with Gasteiger partial charge >= 0.3 is 11.8 Å². The van der Waals surface area contributed by atoms with Crippen LogP contribution >= 0.6 is 0 Å². The van der Waals surface area contributed by atoms with Crippen LogP contribution in [0.2, 0.25) is 0 Å². The van der Waals surface area contributed by atoms with Crippen molar-refractivity contribution < 1.29 is 19.1 Å². The molecule has 1 aliphatic heterocycles. The highest BCUT2D eigenvalue weighted by Crippen LogP contribution is 2.28. The van der Waals surface area contributed by atoms with Gasteiger partial charge in [0.15, 0.2) is 0 Å². The van der Waals surface area contributed by atoms with E-state index in [1.165, 1.54) is 9.13 Å². The fraction of sp³-hybridized carbons (Fsp3) is 0.400. The largest absolute Gasteiger partial charge is 0.443 e. The van der Waals surface area contributed by atoms with Crippen molar-refractivity contribution in [3.05, 3.63) is 40.8 Å². The van der Waals surface area contributed by atoms with Crippen molar-refractivity contribution in [3.8, 4) is 0 Å². The second kappa shape index (κ2) is 6.78. The van der Waals surface area contributed by atoms with E-state index in [0.29, 0.717) is 15.9 Å². The molecule has 0 saturated carbocycles. The van der Waals surface area contributed by atoms with Crippen molar-refractivity contribution >= 4 is 35.0 Å². The van der Waals surface area contributed by atoms with E-state index in [1.807, 2.05) is 0 Å². The number of imide groups is 3. The quantitative estimate of drug-likeness (QED) is 0.741. The van der Waals surface area contributed by atoms with Crippen molar-refractivity contribution in [2.75, 3.05) is 0 Å². The van der Waals surface area contributed by atoms with Crippen molar-refractivity contribution in [2.45, 2.75) is 45.3 Å². The zero-order valence-electron chi connectivity index (χ0n) is 16.4. The van der Waals surface area contributed by atoms with Gasteiger partial charge in [-0.25, -0.2) is 9.59 Å².